The lowest BCUT2D eigenvalue weighted by molar-refractivity contribution is -0.119. The van der Waals surface area contributed by atoms with Gasteiger partial charge < -0.3 is 9.88 Å². The van der Waals surface area contributed by atoms with Crippen LogP contribution >= 0.6 is 11.8 Å². The van der Waals surface area contributed by atoms with Gasteiger partial charge in [0.05, 0.1) is 11.8 Å². The van der Waals surface area contributed by atoms with Crippen molar-refractivity contribution in [1.82, 2.24) is 25.1 Å². The van der Waals surface area contributed by atoms with Gasteiger partial charge in [0, 0.05) is 24.5 Å². The summed E-state index contributed by atoms with van der Waals surface area (Å²) >= 11 is 1.39. The van der Waals surface area contributed by atoms with Crippen molar-refractivity contribution < 1.29 is 4.79 Å². The van der Waals surface area contributed by atoms with Crippen molar-refractivity contribution in [2.45, 2.75) is 31.6 Å². The van der Waals surface area contributed by atoms with Crippen LogP contribution in [0.2, 0.25) is 0 Å². The van der Waals surface area contributed by atoms with Crippen LogP contribution in [0.4, 0.5) is 0 Å². The molecule has 2 aromatic heterocycles. The van der Waals surface area contributed by atoms with E-state index in [1.165, 1.54) is 11.8 Å². The van der Waals surface area contributed by atoms with Crippen molar-refractivity contribution in [2.24, 2.45) is 0 Å². The molecule has 1 amide bonds. The van der Waals surface area contributed by atoms with Crippen molar-refractivity contribution >= 4 is 17.7 Å². The molecule has 1 aromatic carbocycles. The van der Waals surface area contributed by atoms with Crippen LogP contribution < -0.4 is 5.32 Å². The second-order valence-electron chi connectivity index (χ2n) is 5.77. The number of aromatic nitrogens is 4. The second kappa shape index (κ2) is 8.62. The van der Waals surface area contributed by atoms with Crippen LogP contribution in [-0.2, 0) is 11.3 Å². The number of carbonyl (C=O) groups is 1. The van der Waals surface area contributed by atoms with E-state index in [9.17, 15) is 4.79 Å². The largest absolute Gasteiger partial charge is 0.349 e. The van der Waals surface area contributed by atoms with Gasteiger partial charge >= 0.3 is 0 Å². The van der Waals surface area contributed by atoms with Gasteiger partial charge in [0.15, 0.2) is 11.0 Å². The summed E-state index contributed by atoms with van der Waals surface area (Å²) in [4.78, 5) is 16.3. The first kappa shape index (κ1) is 18.1. The number of carbonyl (C=O) groups excluding carboxylic acids is 1. The van der Waals surface area contributed by atoms with Gasteiger partial charge in [0.1, 0.15) is 0 Å². The van der Waals surface area contributed by atoms with E-state index in [1.54, 1.807) is 12.4 Å². The summed E-state index contributed by atoms with van der Waals surface area (Å²) in [6.45, 7) is 4.75. The molecule has 0 saturated carbocycles. The lowest BCUT2D eigenvalue weighted by Gasteiger charge is -2.14. The van der Waals surface area contributed by atoms with Crippen molar-refractivity contribution in [2.75, 3.05) is 5.75 Å². The van der Waals surface area contributed by atoms with Crippen LogP contribution in [0.15, 0.2) is 60.0 Å². The standard InChI is InChI=1S/C19H21N5OS/c1-3-24-18(16-9-11-20-12-10-16)22-23-19(24)26-13-17(25)21-14(2)15-7-5-4-6-8-15/h4-12,14H,3,13H2,1-2H3,(H,21,25). The molecule has 3 rings (SSSR count). The van der Waals surface area contributed by atoms with E-state index in [-0.39, 0.29) is 11.9 Å². The summed E-state index contributed by atoms with van der Waals surface area (Å²) in [6, 6.07) is 13.7. The molecule has 0 spiro atoms. The van der Waals surface area contributed by atoms with Gasteiger partial charge in [-0.1, -0.05) is 42.1 Å². The molecule has 0 saturated heterocycles. The third-order valence-electron chi connectivity index (χ3n) is 3.98. The van der Waals surface area contributed by atoms with E-state index < -0.39 is 0 Å². The molecule has 3 aromatic rings. The fraction of sp³-hybridized carbons (Fsp3) is 0.263. The maximum atomic E-state index is 12.3. The van der Waals surface area contributed by atoms with Gasteiger partial charge in [-0.3, -0.25) is 9.78 Å². The van der Waals surface area contributed by atoms with E-state index in [0.29, 0.717) is 5.75 Å². The summed E-state index contributed by atoms with van der Waals surface area (Å²) in [5, 5.41) is 12.3. The number of thioether (sulfide) groups is 1. The predicted octanol–water partition coefficient (Wildman–Crippen LogP) is 3.33. The van der Waals surface area contributed by atoms with E-state index in [2.05, 4.69) is 20.5 Å². The maximum Gasteiger partial charge on any atom is 0.230 e. The zero-order valence-electron chi connectivity index (χ0n) is 14.8. The zero-order valence-corrected chi connectivity index (χ0v) is 15.6. The SMILES string of the molecule is CCn1c(SCC(=O)NC(C)c2ccccc2)nnc1-c1ccncc1. The number of rotatable bonds is 7. The third kappa shape index (κ3) is 4.29. The molecule has 0 aliphatic heterocycles. The first-order valence-corrected chi connectivity index (χ1v) is 9.48. The Morgan fingerprint density at radius 2 is 1.88 bits per heavy atom. The number of hydrogen-bond donors (Lipinski definition) is 1. The lowest BCUT2D eigenvalue weighted by Crippen LogP contribution is -2.28. The lowest BCUT2D eigenvalue weighted by atomic mass is 10.1. The Labute approximate surface area is 157 Å². The fourth-order valence-corrected chi connectivity index (χ4v) is 3.45. The normalized spacial score (nSPS) is 11.9. The number of pyridine rings is 1. The number of amides is 1. The molecule has 1 N–H and O–H groups in total. The molecule has 0 aliphatic rings. The molecule has 0 fully saturated rings. The van der Waals surface area contributed by atoms with Gasteiger partial charge in [-0.05, 0) is 31.5 Å². The average molecular weight is 367 g/mol. The van der Waals surface area contributed by atoms with Crippen LogP contribution in [0.5, 0.6) is 0 Å². The number of benzene rings is 1. The predicted molar refractivity (Wildman–Crippen MR) is 103 cm³/mol. The Balaban J connectivity index is 1.63. The Morgan fingerprint density at radius 3 is 2.58 bits per heavy atom. The smallest absolute Gasteiger partial charge is 0.230 e. The highest BCUT2D eigenvalue weighted by Gasteiger charge is 2.15. The van der Waals surface area contributed by atoms with Crippen molar-refractivity contribution in [3.8, 4) is 11.4 Å². The molecule has 7 heteroatoms. The van der Waals surface area contributed by atoms with Crippen molar-refractivity contribution in [3.05, 3.63) is 60.4 Å². The van der Waals surface area contributed by atoms with E-state index >= 15 is 0 Å². The van der Waals surface area contributed by atoms with Crippen LogP contribution in [0.3, 0.4) is 0 Å². The van der Waals surface area contributed by atoms with Gasteiger partial charge in [0.25, 0.3) is 0 Å². The Morgan fingerprint density at radius 1 is 1.15 bits per heavy atom. The molecule has 0 aliphatic carbocycles. The second-order valence-corrected chi connectivity index (χ2v) is 6.72. The monoisotopic (exact) mass is 367 g/mol. The summed E-state index contributed by atoms with van der Waals surface area (Å²) in [6.07, 6.45) is 3.46. The molecule has 6 nitrogen and oxygen atoms in total. The fourth-order valence-electron chi connectivity index (χ4n) is 2.63. The Kier molecular flexibility index (Phi) is 6.01. The van der Waals surface area contributed by atoms with Gasteiger partial charge in [-0.25, -0.2) is 0 Å². The topological polar surface area (TPSA) is 72.7 Å². The summed E-state index contributed by atoms with van der Waals surface area (Å²) < 4.78 is 2.01. The third-order valence-corrected chi connectivity index (χ3v) is 4.95. The van der Waals surface area contributed by atoms with Gasteiger partial charge in [-0.2, -0.15) is 0 Å². The average Bonchev–Trinajstić information content (AvgIpc) is 3.10. The van der Waals surface area contributed by atoms with Crippen molar-refractivity contribution in [3.63, 3.8) is 0 Å². The molecule has 2 heterocycles. The van der Waals surface area contributed by atoms with Gasteiger partial charge in [-0.15, -0.1) is 10.2 Å². The Hall–Kier alpha value is -2.67. The maximum absolute atomic E-state index is 12.3. The van der Waals surface area contributed by atoms with Crippen LogP contribution in [0.25, 0.3) is 11.4 Å². The summed E-state index contributed by atoms with van der Waals surface area (Å²) in [5.74, 6) is 1.06. The molecule has 26 heavy (non-hydrogen) atoms. The highest BCUT2D eigenvalue weighted by Crippen LogP contribution is 2.23. The number of nitrogens with zero attached hydrogens (tertiary/aromatic N) is 4. The molecular weight excluding hydrogens is 346 g/mol. The minimum atomic E-state index is -0.0271. The quantitative estimate of drug-likeness (QED) is 0.649. The molecule has 1 atom stereocenters. The van der Waals surface area contributed by atoms with Crippen LogP contribution in [0.1, 0.15) is 25.5 Å². The zero-order chi connectivity index (χ0) is 18.4. The van der Waals surface area contributed by atoms with Crippen LogP contribution in [0, 0.1) is 0 Å². The molecule has 0 radical (unpaired) electrons. The summed E-state index contributed by atoms with van der Waals surface area (Å²) in [7, 11) is 0. The first-order chi connectivity index (χ1) is 12.7. The van der Waals surface area contributed by atoms with Crippen LogP contribution in [-0.4, -0.2) is 31.4 Å². The first-order valence-electron chi connectivity index (χ1n) is 8.49. The van der Waals surface area contributed by atoms with E-state index in [1.807, 2.05) is 60.9 Å². The van der Waals surface area contributed by atoms with Gasteiger partial charge in [0.2, 0.25) is 5.91 Å². The highest BCUT2D eigenvalue weighted by molar-refractivity contribution is 7.99. The number of hydrogen-bond acceptors (Lipinski definition) is 5. The van der Waals surface area contributed by atoms with Crippen molar-refractivity contribution in [1.29, 1.82) is 0 Å². The minimum Gasteiger partial charge on any atom is -0.349 e. The summed E-state index contributed by atoms with van der Waals surface area (Å²) in [5.41, 5.74) is 2.05. The molecule has 1 unspecified atom stereocenters. The molecule has 0 bridgehead atoms. The Bertz CT molecular complexity index is 851. The highest BCUT2D eigenvalue weighted by atomic mass is 32.2. The molecular formula is C19H21N5OS. The molecule has 134 valence electrons. The number of nitrogens with one attached hydrogen (secondary N) is 1. The van der Waals surface area contributed by atoms with E-state index in [4.69, 9.17) is 0 Å². The minimum absolute atomic E-state index is 0.0255. The van der Waals surface area contributed by atoms with E-state index in [0.717, 1.165) is 28.7 Å².